The molecule has 1 amide bonds. The SMILES string of the molecule is O=C(CN(c1ccccn1)S(=O)(=O)c1ccccc1)N/N=C\c1ccc(Cl)cc1. The summed E-state index contributed by atoms with van der Waals surface area (Å²) in [6.07, 6.45) is 2.89. The molecular formula is C20H17ClN4O3S. The normalized spacial score (nSPS) is 11.3. The molecule has 9 heteroatoms. The molecule has 1 heterocycles. The van der Waals surface area contributed by atoms with Gasteiger partial charge in [0.2, 0.25) is 0 Å². The molecule has 0 unspecified atom stereocenters. The van der Waals surface area contributed by atoms with Crippen LogP contribution < -0.4 is 9.73 Å². The average Bonchev–Trinajstić information content (AvgIpc) is 2.74. The van der Waals surface area contributed by atoms with Crippen molar-refractivity contribution >= 4 is 39.6 Å². The minimum absolute atomic E-state index is 0.0584. The zero-order valence-electron chi connectivity index (χ0n) is 15.1. The smallest absolute Gasteiger partial charge is 0.265 e. The van der Waals surface area contributed by atoms with E-state index in [9.17, 15) is 13.2 Å². The summed E-state index contributed by atoms with van der Waals surface area (Å²) in [5.41, 5.74) is 3.06. The fourth-order valence-corrected chi connectivity index (χ4v) is 3.93. The Labute approximate surface area is 173 Å². The summed E-state index contributed by atoms with van der Waals surface area (Å²) in [6.45, 7) is -0.480. The number of nitrogens with zero attached hydrogens (tertiary/aromatic N) is 3. The number of anilines is 1. The van der Waals surface area contributed by atoms with E-state index in [1.54, 1.807) is 54.6 Å². The Morgan fingerprint density at radius 3 is 2.38 bits per heavy atom. The van der Waals surface area contributed by atoms with Gasteiger partial charge in [-0.15, -0.1) is 0 Å². The van der Waals surface area contributed by atoms with E-state index in [4.69, 9.17) is 11.6 Å². The van der Waals surface area contributed by atoms with Crippen molar-refractivity contribution in [1.29, 1.82) is 0 Å². The summed E-state index contributed by atoms with van der Waals surface area (Å²) < 4.78 is 27.0. The number of carbonyl (C=O) groups is 1. The predicted octanol–water partition coefficient (Wildman–Crippen LogP) is 3.08. The third kappa shape index (κ3) is 5.40. The lowest BCUT2D eigenvalue weighted by Gasteiger charge is -2.22. The number of benzene rings is 2. The molecule has 0 radical (unpaired) electrons. The van der Waals surface area contributed by atoms with Crippen LogP contribution in [0.3, 0.4) is 0 Å². The van der Waals surface area contributed by atoms with E-state index in [-0.39, 0.29) is 10.7 Å². The molecule has 3 rings (SSSR count). The van der Waals surface area contributed by atoms with Crippen molar-refractivity contribution in [3.63, 3.8) is 0 Å². The Morgan fingerprint density at radius 1 is 1.03 bits per heavy atom. The second kappa shape index (κ2) is 9.31. The molecule has 148 valence electrons. The summed E-state index contributed by atoms with van der Waals surface area (Å²) in [5.74, 6) is -0.478. The summed E-state index contributed by atoms with van der Waals surface area (Å²) in [6, 6.07) is 19.5. The monoisotopic (exact) mass is 428 g/mol. The number of amides is 1. The molecule has 0 bridgehead atoms. The summed E-state index contributed by atoms with van der Waals surface area (Å²) in [5, 5.41) is 4.45. The lowest BCUT2D eigenvalue weighted by atomic mass is 10.2. The quantitative estimate of drug-likeness (QED) is 0.462. The van der Waals surface area contributed by atoms with Crippen molar-refractivity contribution in [3.05, 3.63) is 89.6 Å². The molecule has 2 aromatic carbocycles. The number of sulfonamides is 1. The van der Waals surface area contributed by atoms with Gasteiger partial charge in [0.1, 0.15) is 12.4 Å². The third-order valence-electron chi connectivity index (χ3n) is 3.80. The summed E-state index contributed by atoms with van der Waals surface area (Å²) >= 11 is 5.82. The lowest BCUT2D eigenvalue weighted by molar-refractivity contribution is -0.119. The molecule has 1 aromatic heterocycles. The summed E-state index contributed by atoms with van der Waals surface area (Å²) in [4.78, 5) is 16.5. The Kier molecular flexibility index (Phi) is 6.58. The topological polar surface area (TPSA) is 91.7 Å². The van der Waals surface area contributed by atoms with E-state index < -0.39 is 22.5 Å². The predicted molar refractivity (Wildman–Crippen MR) is 112 cm³/mol. The zero-order valence-corrected chi connectivity index (χ0v) is 16.7. The van der Waals surface area contributed by atoms with Crippen LogP contribution in [0.15, 0.2) is 89.0 Å². The highest BCUT2D eigenvalue weighted by molar-refractivity contribution is 7.92. The fraction of sp³-hybridized carbons (Fsp3) is 0.0500. The highest BCUT2D eigenvalue weighted by atomic mass is 35.5. The van der Waals surface area contributed by atoms with Gasteiger partial charge in [0.25, 0.3) is 15.9 Å². The van der Waals surface area contributed by atoms with Crippen LogP contribution >= 0.6 is 11.6 Å². The Morgan fingerprint density at radius 2 is 1.72 bits per heavy atom. The highest BCUT2D eigenvalue weighted by Gasteiger charge is 2.27. The molecule has 0 fully saturated rings. The van der Waals surface area contributed by atoms with Gasteiger partial charge in [-0.05, 0) is 42.0 Å². The van der Waals surface area contributed by atoms with Gasteiger partial charge in [-0.3, -0.25) is 4.79 Å². The molecule has 0 saturated heterocycles. The fourth-order valence-electron chi connectivity index (χ4n) is 2.40. The van der Waals surface area contributed by atoms with Crippen LogP contribution in [-0.2, 0) is 14.8 Å². The van der Waals surface area contributed by atoms with Gasteiger partial charge in [0, 0.05) is 11.2 Å². The minimum Gasteiger partial charge on any atom is -0.271 e. The Balaban J connectivity index is 1.78. The number of pyridine rings is 1. The first kappa shape index (κ1) is 20.5. The van der Waals surface area contributed by atoms with E-state index in [2.05, 4.69) is 15.5 Å². The second-order valence-electron chi connectivity index (χ2n) is 5.86. The number of nitrogens with one attached hydrogen (secondary N) is 1. The third-order valence-corrected chi connectivity index (χ3v) is 5.81. The standard InChI is InChI=1S/C20H17ClN4O3S/c21-17-11-9-16(10-12-17)14-23-24-20(26)15-25(19-8-4-5-13-22-19)29(27,28)18-6-2-1-3-7-18/h1-14H,15H2,(H,24,26)/b23-14-. The van der Waals surface area contributed by atoms with Crippen molar-refractivity contribution in [2.45, 2.75) is 4.90 Å². The van der Waals surface area contributed by atoms with E-state index in [1.807, 2.05) is 0 Å². The van der Waals surface area contributed by atoms with Crippen molar-refractivity contribution < 1.29 is 13.2 Å². The number of hydrogen-bond acceptors (Lipinski definition) is 5. The van der Waals surface area contributed by atoms with Crippen molar-refractivity contribution in [2.75, 3.05) is 10.8 Å². The van der Waals surface area contributed by atoms with E-state index in [0.29, 0.717) is 5.02 Å². The molecule has 0 atom stereocenters. The number of hydrazone groups is 1. The van der Waals surface area contributed by atoms with Crippen LogP contribution in [0.4, 0.5) is 5.82 Å². The van der Waals surface area contributed by atoms with Crippen LogP contribution in [0.2, 0.25) is 5.02 Å². The van der Waals surface area contributed by atoms with Crippen LogP contribution in [0.25, 0.3) is 0 Å². The maximum atomic E-state index is 13.1. The molecule has 1 N–H and O–H groups in total. The number of hydrogen-bond donors (Lipinski definition) is 1. The Bertz CT molecular complexity index is 1090. The molecular weight excluding hydrogens is 412 g/mol. The number of carbonyl (C=O) groups excluding carboxylic acids is 1. The van der Waals surface area contributed by atoms with Gasteiger partial charge in [-0.25, -0.2) is 23.1 Å². The van der Waals surface area contributed by atoms with Crippen LogP contribution in [-0.4, -0.2) is 32.1 Å². The number of halogens is 1. The zero-order chi connectivity index (χ0) is 20.7. The maximum absolute atomic E-state index is 13.1. The van der Waals surface area contributed by atoms with Crippen LogP contribution in [0.5, 0.6) is 0 Å². The lowest BCUT2D eigenvalue weighted by Crippen LogP contribution is -2.40. The van der Waals surface area contributed by atoms with Gasteiger partial charge < -0.3 is 0 Å². The van der Waals surface area contributed by atoms with Crippen molar-refractivity contribution in [1.82, 2.24) is 10.4 Å². The van der Waals surface area contributed by atoms with Crippen molar-refractivity contribution in [2.24, 2.45) is 5.10 Å². The average molecular weight is 429 g/mol. The molecule has 0 aliphatic carbocycles. The molecule has 7 nitrogen and oxygen atoms in total. The molecule has 0 saturated carbocycles. The largest absolute Gasteiger partial charge is 0.271 e. The first-order valence-electron chi connectivity index (χ1n) is 8.53. The molecule has 0 aliphatic rings. The molecule has 0 spiro atoms. The van der Waals surface area contributed by atoms with E-state index >= 15 is 0 Å². The van der Waals surface area contributed by atoms with Crippen LogP contribution in [0.1, 0.15) is 5.56 Å². The van der Waals surface area contributed by atoms with E-state index in [0.717, 1.165) is 9.87 Å². The van der Waals surface area contributed by atoms with Crippen molar-refractivity contribution in [3.8, 4) is 0 Å². The minimum atomic E-state index is -3.99. The van der Waals surface area contributed by atoms with Gasteiger partial charge in [-0.2, -0.15) is 5.10 Å². The second-order valence-corrected chi connectivity index (χ2v) is 8.16. The maximum Gasteiger partial charge on any atom is 0.265 e. The first-order chi connectivity index (χ1) is 14.0. The van der Waals surface area contributed by atoms with Crippen LogP contribution in [0, 0.1) is 0 Å². The molecule has 0 aliphatic heterocycles. The van der Waals surface area contributed by atoms with Gasteiger partial charge in [0.15, 0.2) is 0 Å². The number of aromatic nitrogens is 1. The summed E-state index contributed by atoms with van der Waals surface area (Å²) in [7, 11) is -3.99. The molecule has 3 aromatic rings. The van der Waals surface area contributed by atoms with E-state index in [1.165, 1.54) is 30.6 Å². The van der Waals surface area contributed by atoms with Gasteiger partial charge in [-0.1, -0.05) is 48.0 Å². The van der Waals surface area contributed by atoms with Gasteiger partial charge >= 0.3 is 0 Å². The highest BCUT2D eigenvalue weighted by Crippen LogP contribution is 2.21. The first-order valence-corrected chi connectivity index (χ1v) is 10.3. The van der Waals surface area contributed by atoms with Gasteiger partial charge in [0.05, 0.1) is 11.1 Å². The molecule has 29 heavy (non-hydrogen) atoms. The number of rotatable bonds is 7. The Hall–Kier alpha value is -3.23.